The Labute approximate surface area is 199 Å². The first kappa shape index (κ1) is 21.8. The van der Waals surface area contributed by atoms with Gasteiger partial charge in [-0.3, -0.25) is 9.36 Å². The molecular weight excluding hydrogens is 422 g/mol. The molecule has 0 bridgehead atoms. The van der Waals surface area contributed by atoms with Gasteiger partial charge in [0.15, 0.2) is 0 Å². The Balaban J connectivity index is 1.69. The number of benzene rings is 3. The molecule has 0 fully saturated rings. The topological polar surface area (TPSA) is 81.0 Å². The highest BCUT2D eigenvalue weighted by Crippen LogP contribution is 2.33. The molecule has 34 heavy (non-hydrogen) atoms. The Morgan fingerprint density at radius 3 is 2.59 bits per heavy atom. The molecule has 0 aliphatic heterocycles. The monoisotopic (exact) mass is 449 g/mol. The number of nitrogens with zero attached hydrogens (tertiary/aromatic N) is 2. The average Bonchev–Trinajstić information content (AvgIpc) is 2.89. The number of anilines is 1. The van der Waals surface area contributed by atoms with Crippen molar-refractivity contribution in [2.24, 2.45) is 0 Å². The highest BCUT2D eigenvalue weighted by molar-refractivity contribution is 5.99. The molecule has 1 heterocycles. The SMILES string of the molecule is COc1ccc2c(=O)n(CCc3c(N)ccc4c3CCCC4)c(C#N)c(-c3ccccc3)c2c1. The standard InChI is InChI=1S/C29H27N3O2/c1-34-21-12-13-24-25(17-21)28(20-8-3-2-4-9-20)27(18-30)32(29(24)33)16-15-23-22-10-6-5-7-19(22)11-14-26(23)31/h2-4,8-9,11-14,17H,5-7,10,15-16,31H2,1H3. The van der Waals surface area contributed by atoms with Gasteiger partial charge in [-0.05, 0) is 78.6 Å². The lowest BCUT2D eigenvalue weighted by Crippen LogP contribution is -2.25. The van der Waals surface area contributed by atoms with Crippen molar-refractivity contribution in [3.63, 3.8) is 0 Å². The molecule has 0 atom stereocenters. The second kappa shape index (κ2) is 9.07. The van der Waals surface area contributed by atoms with Crippen LogP contribution in [-0.4, -0.2) is 11.7 Å². The Hall–Kier alpha value is -4.04. The molecule has 5 nitrogen and oxygen atoms in total. The zero-order valence-electron chi connectivity index (χ0n) is 19.3. The molecule has 0 amide bonds. The lowest BCUT2D eigenvalue weighted by Gasteiger charge is -2.22. The number of hydrogen-bond acceptors (Lipinski definition) is 4. The maximum absolute atomic E-state index is 13.6. The second-order valence-electron chi connectivity index (χ2n) is 8.80. The Bertz CT molecular complexity index is 1480. The summed E-state index contributed by atoms with van der Waals surface area (Å²) >= 11 is 0. The normalized spacial score (nSPS) is 12.8. The molecule has 0 saturated heterocycles. The number of ether oxygens (including phenoxy) is 1. The van der Waals surface area contributed by atoms with Crippen LogP contribution in [0.25, 0.3) is 21.9 Å². The fraction of sp³-hybridized carbons (Fsp3) is 0.241. The number of aryl methyl sites for hydroxylation is 1. The summed E-state index contributed by atoms with van der Waals surface area (Å²) in [6.45, 7) is 0.393. The van der Waals surface area contributed by atoms with Crippen molar-refractivity contribution in [3.8, 4) is 22.9 Å². The van der Waals surface area contributed by atoms with Gasteiger partial charge in [0.1, 0.15) is 17.5 Å². The summed E-state index contributed by atoms with van der Waals surface area (Å²) in [7, 11) is 1.60. The van der Waals surface area contributed by atoms with Gasteiger partial charge in [0, 0.05) is 28.6 Å². The van der Waals surface area contributed by atoms with Crippen LogP contribution < -0.4 is 16.0 Å². The van der Waals surface area contributed by atoms with Crippen LogP contribution in [-0.2, 0) is 25.8 Å². The zero-order chi connectivity index (χ0) is 23.7. The number of fused-ring (bicyclic) bond motifs is 2. The van der Waals surface area contributed by atoms with Crippen LogP contribution >= 0.6 is 0 Å². The van der Waals surface area contributed by atoms with Crippen molar-refractivity contribution in [2.75, 3.05) is 12.8 Å². The van der Waals surface area contributed by atoms with Crippen molar-refractivity contribution < 1.29 is 4.74 Å². The summed E-state index contributed by atoms with van der Waals surface area (Å²) in [5.74, 6) is 0.648. The van der Waals surface area contributed by atoms with E-state index >= 15 is 0 Å². The largest absolute Gasteiger partial charge is 0.497 e. The number of rotatable bonds is 5. The lowest BCUT2D eigenvalue weighted by molar-refractivity contribution is 0.415. The van der Waals surface area contributed by atoms with Crippen molar-refractivity contribution >= 4 is 16.5 Å². The minimum Gasteiger partial charge on any atom is -0.497 e. The van der Waals surface area contributed by atoms with E-state index in [1.54, 1.807) is 23.8 Å². The van der Waals surface area contributed by atoms with Gasteiger partial charge in [-0.2, -0.15) is 5.26 Å². The number of hydrogen-bond donors (Lipinski definition) is 1. The first-order valence-corrected chi connectivity index (χ1v) is 11.7. The van der Waals surface area contributed by atoms with Crippen molar-refractivity contribution in [1.82, 2.24) is 4.57 Å². The van der Waals surface area contributed by atoms with Crippen LogP contribution in [0.4, 0.5) is 5.69 Å². The number of nitrogen functional groups attached to an aromatic ring is 1. The van der Waals surface area contributed by atoms with E-state index in [0.29, 0.717) is 29.8 Å². The lowest BCUT2D eigenvalue weighted by atomic mass is 9.86. The first-order chi connectivity index (χ1) is 16.6. The molecule has 2 N–H and O–H groups in total. The molecule has 5 rings (SSSR count). The van der Waals surface area contributed by atoms with E-state index in [1.807, 2.05) is 42.5 Å². The van der Waals surface area contributed by atoms with Gasteiger partial charge in [-0.15, -0.1) is 0 Å². The second-order valence-corrected chi connectivity index (χ2v) is 8.80. The van der Waals surface area contributed by atoms with Crippen LogP contribution in [0.5, 0.6) is 5.75 Å². The predicted octanol–water partition coefficient (Wildman–Crippen LogP) is 5.25. The number of methoxy groups -OCH3 is 1. The molecule has 0 unspecified atom stereocenters. The van der Waals surface area contributed by atoms with E-state index in [-0.39, 0.29) is 5.56 Å². The molecule has 170 valence electrons. The van der Waals surface area contributed by atoms with Crippen LogP contribution in [0, 0.1) is 11.3 Å². The molecule has 0 radical (unpaired) electrons. The Morgan fingerprint density at radius 2 is 1.82 bits per heavy atom. The van der Waals surface area contributed by atoms with Gasteiger partial charge >= 0.3 is 0 Å². The van der Waals surface area contributed by atoms with E-state index in [9.17, 15) is 10.1 Å². The number of pyridine rings is 1. The molecule has 1 aromatic heterocycles. The summed E-state index contributed by atoms with van der Waals surface area (Å²) < 4.78 is 7.05. The van der Waals surface area contributed by atoms with Gasteiger partial charge in [0.05, 0.1) is 7.11 Å². The van der Waals surface area contributed by atoms with Crippen LogP contribution in [0.3, 0.4) is 0 Å². The molecule has 3 aromatic carbocycles. The Kier molecular flexibility index (Phi) is 5.81. The van der Waals surface area contributed by atoms with Crippen LogP contribution in [0.2, 0.25) is 0 Å². The minimum absolute atomic E-state index is 0.169. The number of nitriles is 1. The van der Waals surface area contributed by atoms with E-state index < -0.39 is 0 Å². The summed E-state index contributed by atoms with van der Waals surface area (Å²) in [5, 5.41) is 11.5. The maximum atomic E-state index is 13.6. The van der Waals surface area contributed by atoms with Crippen molar-refractivity contribution in [3.05, 3.63) is 93.4 Å². The first-order valence-electron chi connectivity index (χ1n) is 11.7. The van der Waals surface area contributed by atoms with E-state index in [1.165, 1.54) is 17.5 Å². The minimum atomic E-state index is -0.169. The van der Waals surface area contributed by atoms with Gasteiger partial charge < -0.3 is 10.5 Å². The van der Waals surface area contributed by atoms with Crippen molar-refractivity contribution in [2.45, 2.75) is 38.6 Å². The third kappa shape index (κ3) is 3.72. The molecule has 1 aliphatic rings. The fourth-order valence-electron chi connectivity index (χ4n) is 5.22. The number of aromatic nitrogens is 1. The van der Waals surface area contributed by atoms with E-state index in [2.05, 4.69) is 12.1 Å². The third-order valence-electron chi connectivity index (χ3n) is 6.92. The highest BCUT2D eigenvalue weighted by Gasteiger charge is 2.20. The van der Waals surface area contributed by atoms with Crippen molar-refractivity contribution in [1.29, 1.82) is 5.26 Å². The molecule has 5 heteroatoms. The zero-order valence-corrected chi connectivity index (χ0v) is 19.3. The third-order valence-corrected chi connectivity index (χ3v) is 6.92. The van der Waals surface area contributed by atoms with Gasteiger partial charge in [-0.1, -0.05) is 36.4 Å². The quantitative estimate of drug-likeness (QED) is 0.422. The summed E-state index contributed by atoms with van der Waals surface area (Å²) in [6.07, 6.45) is 5.05. The summed E-state index contributed by atoms with van der Waals surface area (Å²) in [5.41, 5.74) is 12.8. The smallest absolute Gasteiger partial charge is 0.259 e. The predicted molar refractivity (Wildman–Crippen MR) is 136 cm³/mol. The molecule has 1 aliphatic carbocycles. The summed E-state index contributed by atoms with van der Waals surface area (Å²) in [6, 6.07) is 21.6. The maximum Gasteiger partial charge on any atom is 0.259 e. The van der Waals surface area contributed by atoms with Crippen LogP contribution in [0.15, 0.2) is 65.5 Å². The Morgan fingerprint density at radius 1 is 1.03 bits per heavy atom. The van der Waals surface area contributed by atoms with Gasteiger partial charge in [0.25, 0.3) is 5.56 Å². The average molecular weight is 450 g/mol. The van der Waals surface area contributed by atoms with Crippen LogP contribution in [0.1, 0.15) is 35.2 Å². The molecule has 0 saturated carbocycles. The molecule has 0 spiro atoms. The van der Waals surface area contributed by atoms with Gasteiger partial charge in [0.2, 0.25) is 0 Å². The molecule has 4 aromatic rings. The van der Waals surface area contributed by atoms with Gasteiger partial charge in [-0.25, -0.2) is 0 Å². The molecular formula is C29H27N3O2. The van der Waals surface area contributed by atoms with E-state index in [0.717, 1.165) is 47.0 Å². The summed E-state index contributed by atoms with van der Waals surface area (Å²) in [4.78, 5) is 13.6. The number of nitrogens with two attached hydrogens (primary N) is 1. The van der Waals surface area contributed by atoms with E-state index in [4.69, 9.17) is 10.5 Å². The highest BCUT2D eigenvalue weighted by atomic mass is 16.5. The fourth-order valence-corrected chi connectivity index (χ4v) is 5.22.